The molecule has 0 saturated carbocycles. The minimum Gasteiger partial charge on any atom is -0.497 e. The third-order valence-electron chi connectivity index (χ3n) is 5.07. The molecule has 28 heavy (non-hydrogen) atoms. The van der Waals surface area contributed by atoms with Gasteiger partial charge < -0.3 is 19.7 Å². The molecule has 0 aliphatic carbocycles. The van der Waals surface area contributed by atoms with Gasteiger partial charge in [0.1, 0.15) is 5.75 Å². The molecule has 5 nitrogen and oxygen atoms in total. The van der Waals surface area contributed by atoms with Gasteiger partial charge in [0.2, 0.25) is 0 Å². The Balaban J connectivity index is 0.00000280. The molecule has 0 bridgehead atoms. The first kappa shape index (κ1) is 22.5. The largest absolute Gasteiger partial charge is 0.497 e. The number of guanidine groups is 1. The van der Waals surface area contributed by atoms with Crippen molar-refractivity contribution in [3.63, 3.8) is 0 Å². The Bertz CT molecular complexity index is 747. The lowest BCUT2D eigenvalue weighted by Crippen LogP contribution is -2.39. The van der Waals surface area contributed by atoms with Crippen LogP contribution in [0.25, 0.3) is 0 Å². The summed E-state index contributed by atoms with van der Waals surface area (Å²) in [6, 6.07) is 16.9. The van der Waals surface area contributed by atoms with Crippen LogP contribution in [0.5, 0.6) is 5.75 Å². The van der Waals surface area contributed by atoms with Gasteiger partial charge in [-0.05, 0) is 35.2 Å². The molecule has 1 atom stereocenters. The van der Waals surface area contributed by atoms with E-state index >= 15 is 0 Å². The summed E-state index contributed by atoms with van der Waals surface area (Å²) < 4.78 is 10.4. The van der Waals surface area contributed by atoms with Crippen LogP contribution in [0.3, 0.4) is 0 Å². The normalized spacial score (nSPS) is 16.6. The third-order valence-corrected chi connectivity index (χ3v) is 5.07. The Hall–Kier alpha value is -1.80. The fourth-order valence-corrected chi connectivity index (χ4v) is 3.53. The molecule has 0 spiro atoms. The fourth-order valence-electron chi connectivity index (χ4n) is 3.53. The first-order chi connectivity index (χ1) is 13.2. The lowest BCUT2D eigenvalue weighted by Gasteiger charge is -2.22. The average molecular weight is 495 g/mol. The van der Waals surface area contributed by atoms with E-state index in [1.165, 1.54) is 16.7 Å². The molecule has 2 aromatic rings. The Kier molecular flexibility index (Phi) is 9.05. The zero-order chi connectivity index (χ0) is 19.1. The Labute approximate surface area is 185 Å². The van der Waals surface area contributed by atoms with Crippen molar-refractivity contribution in [1.82, 2.24) is 10.2 Å². The second-order valence-corrected chi connectivity index (χ2v) is 6.86. The number of halogens is 1. The zero-order valence-electron chi connectivity index (χ0n) is 16.9. The summed E-state index contributed by atoms with van der Waals surface area (Å²) in [7, 11) is 5.27. The zero-order valence-corrected chi connectivity index (χ0v) is 19.2. The number of likely N-dealkylation sites (tertiary alicyclic amines) is 1. The van der Waals surface area contributed by atoms with Gasteiger partial charge in [0.25, 0.3) is 0 Å². The van der Waals surface area contributed by atoms with Crippen LogP contribution in [-0.4, -0.2) is 45.2 Å². The highest BCUT2D eigenvalue weighted by Gasteiger charge is 2.26. The van der Waals surface area contributed by atoms with E-state index in [4.69, 9.17) is 9.47 Å². The highest BCUT2D eigenvalue weighted by atomic mass is 127. The van der Waals surface area contributed by atoms with Crippen LogP contribution < -0.4 is 10.1 Å². The molecule has 0 radical (unpaired) electrons. The lowest BCUT2D eigenvalue weighted by atomic mass is 9.98. The van der Waals surface area contributed by atoms with E-state index in [1.807, 2.05) is 19.2 Å². The summed E-state index contributed by atoms with van der Waals surface area (Å²) in [6.45, 7) is 3.42. The Morgan fingerprint density at radius 1 is 1.07 bits per heavy atom. The molecule has 0 aromatic heterocycles. The van der Waals surface area contributed by atoms with Crippen molar-refractivity contribution < 1.29 is 9.47 Å². The quantitative estimate of drug-likeness (QED) is 0.374. The van der Waals surface area contributed by atoms with Gasteiger partial charge >= 0.3 is 0 Å². The summed E-state index contributed by atoms with van der Waals surface area (Å²) in [5, 5.41) is 3.49. The van der Waals surface area contributed by atoms with Crippen molar-refractivity contribution in [1.29, 1.82) is 0 Å². The molecule has 2 aromatic carbocycles. The van der Waals surface area contributed by atoms with Gasteiger partial charge in [-0.3, -0.25) is 4.99 Å². The van der Waals surface area contributed by atoms with Crippen LogP contribution >= 0.6 is 24.0 Å². The first-order valence-corrected chi connectivity index (χ1v) is 9.39. The van der Waals surface area contributed by atoms with Crippen molar-refractivity contribution in [2.75, 3.05) is 34.4 Å². The topological polar surface area (TPSA) is 46.1 Å². The minimum atomic E-state index is 0. The molecule has 0 amide bonds. The van der Waals surface area contributed by atoms with Crippen LogP contribution in [0.1, 0.15) is 29.0 Å². The van der Waals surface area contributed by atoms with Crippen molar-refractivity contribution in [2.24, 2.45) is 4.99 Å². The predicted octanol–water partition coefficient (Wildman–Crippen LogP) is 4.02. The molecule has 1 unspecified atom stereocenters. The molecule has 1 aliphatic rings. The number of ether oxygens (including phenoxy) is 2. The van der Waals surface area contributed by atoms with Gasteiger partial charge in [0.05, 0.1) is 13.7 Å². The molecule has 152 valence electrons. The first-order valence-electron chi connectivity index (χ1n) is 9.39. The van der Waals surface area contributed by atoms with Crippen LogP contribution in [0.15, 0.2) is 53.5 Å². The van der Waals surface area contributed by atoms with Crippen LogP contribution in [0.2, 0.25) is 0 Å². The molecule has 3 rings (SSSR count). The maximum Gasteiger partial charge on any atom is 0.193 e. The number of aliphatic imine (C=N–C) groups is 1. The van der Waals surface area contributed by atoms with E-state index in [1.54, 1.807) is 14.2 Å². The number of hydrogen-bond donors (Lipinski definition) is 1. The minimum absolute atomic E-state index is 0. The van der Waals surface area contributed by atoms with E-state index in [0.29, 0.717) is 12.5 Å². The lowest BCUT2D eigenvalue weighted by molar-refractivity contribution is 0.185. The molecule has 1 saturated heterocycles. The van der Waals surface area contributed by atoms with Crippen molar-refractivity contribution in [3.8, 4) is 5.75 Å². The Morgan fingerprint density at radius 2 is 1.75 bits per heavy atom. The van der Waals surface area contributed by atoms with E-state index in [-0.39, 0.29) is 24.0 Å². The summed E-state index contributed by atoms with van der Waals surface area (Å²) in [5.41, 5.74) is 3.79. The van der Waals surface area contributed by atoms with Gasteiger partial charge in [0, 0.05) is 39.7 Å². The molecule has 1 aliphatic heterocycles. The standard InChI is InChI=1S/C22H29N3O2.HI/c1-23-22(24-14-17-4-6-18(7-5-17)16-26-2)25-13-12-20(15-25)19-8-10-21(27-3)11-9-19;/h4-11,20H,12-16H2,1-3H3,(H,23,24);1H. The maximum absolute atomic E-state index is 5.26. The van der Waals surface area contributed by atoms with Gasteiger partial charge in [-0.25, -0.2) is 0 Å². The van der Waals surface area contributed by atoms with E-state index < -0.39 is 0 Å². The molecule has 6 heteroatoms. The van der Waals surface area contributed by atoms with Crippen LogP contribution in [0, 0.1) is 0 Å². The number of benzene rings is 2. The Morgan fingerprint density at radius 3 is 2.36 bits per heavy atom. The number of nitrogens with zero attached hydrogens (tertiary/aromatic N) is 2. The SMILES string of the molecule is CN=C(NCc1ccc(COC)cc1)N1CCC(c2ccc(OC)cc2)C1.I. The monoisotopic (exact) mass is 495 g/mol. The highest BCUT2D eigenvalue weighted by Crippen LogP contribution is 2.28. The van der Waals surface area contributed by atoms with Crippen molar-refractivity contribution >= 4 is 29.9 Å². The smallest absolute Gasteiger partial charge is 0.193 e. The van der Waals surface area contributed by atoms with Crippen molar-refractivity contribution in [2.45, 2.75) is 25.5 Å². The van der Waals surface area contributed by atoms with Crippen molar-refractivity contribution in [3.05, 3.63) is 65.2 Å². The fraction of sp³-hybridized carbons (Fsp3) is 0.409. The number of hydrogen-bond acceptors (Lipinski definition) is 3. The van der Waals surface area contributed by atoms with Gasteiger partial charge in [-0.15, -0.1) is 24.0 Å². The molecule has 1 N–H and O–H groups in total. The second-order valence-electron chi connectivity index (χ2n) is 6.86. The van der Waals surface area contributed by atoms with E-state index in [9.17, 15) is 0 Å². The number of nitrogens with one attached hydrogen (secondary N) is 1. The van der Waals surface area contributed by atoms with Crippen LogP contribution in [0.4, 0.5) is 0 Å². The average Bonchev–Trinajstić information content (AvgIpc) is 3.20. The molecule has 1 heterocycles. The highest BCUT2D eigenvalue weighted by molar-refractivity contribution is 14.0. The van der Waals surface area contributed by atoms with Gasteiger partial charge in [-0.2, -0.15) is 0 Å². The third kappa shape index (κ3) is 5.85. The van der Waals surface area contributed by atoms with E-state index in [0.717, 1.165) is 37.8 Å². The summed E-state index contributed by atoms with van der Waals surface area (Å²) in [5.74, 6) is 2.40. The number of methoxy groups -OCH3 is 2. The summed E-state index contributed by atoms with van der Waals surface area (Å²) in [6.07, 6.45) is 1.14. The summed E-state index contributed by atoms with van der Waals surface area (Å²) >= 11 is 0. The van der Waals surface area contributed by atoms with E-state index in [2.05, 4.69) is 51.6 Å². The molecular formula is C22H30IN3O2. The van der Waals surface area contributed by atoms with Gasteiger partial charge in [-0.1, -0.05) is 36.4 Å². The molecule has 1 fully saturated rings. The molecular weight excluding hydrogens is 465 g/mol. The second kappa shape index (κ2) is 11.3. The predicted molar refractivity (Wildman–Crippen MR) is 125 cm³/mol. The van der Waals surface area contributed by atoms with Gasteiger partial charge in [0.15, 0.2) is 5.96 Å². The maximum atomic E-state index is 5.26. The summed E-state index contributed by atoms with van der Waals surface area (Å²) in [4.78, 5) is 6.82. The number of rotatable bonds is 6. The van der Waals surface area contributed by atoms with Crippen LogP contribution in [-0.2, 0) is 17.9 Å².